The van der Waals surface area contributed by atoms with Crippen LogP contribution in [0.5, 0.6) is 5.75 Å². The Kier molecular flexibility index (Phi) is 4.80. The van der Waals surface area contributed by atoms with Crippen molar-refractivity contribution in [2.24, 2.45) is 0 Å². The summed E-state index contributed by atoms with van der Waals surface area (Å²) in [4.78, 5) is 14.3. The fourth-order valence-electron chi connectivity index (χ4n) is 2.37. The average Bonchev–Trinajstić information content (AvgIpc) is 2.98. The summed E-state index contributed by atoms with van der Waals surface area (Å²) in [5, 5.41) is 2.99. The van der Waals surface area contributed by atoms with Gasteiger partial charge >= 0.3 is 0 Å². The second-order valence-corrected chi connectivity index (χ2v) is 4.98. The minimum Gasteiger partial charge on any atom is -0.497 e. The molecule has 1 saturated heterocycles. The van der Waals surface area contributed by atoms with Crippen molar-refractivity contribution < 1.29 is 9.53 Å². The van der Waals surface area contributed by atoms with E-state index in [1.165, 1.54) is 12.8 Å². The van der Waals surface area contributed by atoms with Gasteiger partial charge < -0.3 is 10.1 Å². The first kappa shape index (κ1) is 13.9. The van der Waals surface area contributed by atoms with E-state index in [2.05, 4.69) is 10.2 Å². The number of methoxy groups -OCH3 is 1. The molecule has 0 spiro atoms. The zero-order valence-electron chi connectivity index (χ0n) is 11.7. The molecule has 2 rings (SSSR count). The number of rotatable bonds is 5. The lowest BCUT2D eigenvalue weighted by atomic mass is 10.2. The molecular formula is C15H22N2O2. The van der Waals surface area contributed by atoms with Crippen LogP contribution in [0.1, 0.15) is 25.3 Å². The maximum absolute atomic E-state index is 12.0. The molecule has 1 amide bonds. The lowest BCUT2D eigenvalue weighted by Gasteiger charge is -2.22. The number of nitrogens with one attached hydrogen (secondary N) is 1. The average molecular weight is 262 g/mol. The second-order valence-electron chi connectivity index (χ2n) is 4.98. The summed E-state index contributed by atoms with van der Waals surface area (Å²) in [6.45, 7) is 4.63. The van der Waals surface area contributed by atoms with E-state index >= 15 is 0 Å². The Bertz CT molecular complexity index is 411. The van der Waals surface area contributed by atoms with Gasteiger partial charge in [0.2, 0.25) is 5.91 Å². The molecule has 1 aromatic carbocycles. The van der Waals surface area contributed by atoms with Gasteiger partial charge in [0.25, 0.3) is 0 Å². The number of ether oxygens (including phenoxy) is 1. The maximum Gasteiger partial charge on any atom is 0.237 e. The second kappa shape index (κ2) is 6.57. The van der Waals surface area contributed by atoms with E-state index in [4.69, 9.17) is 4.74 Å². The molecule has 0 radical (unpaired) electrons. The van der Waals surface area contributed by atoms with Gasteiger partial charge in [0.05, 0.1) is 13.2 Å². The monoisotopic (exact) mass is 262 g/mol. The minimum absolute atomic E-state index is 0.0271. The molecular weight excluding hydrogens is 240 g/mol. The fraction of sp³-hybridized carbons (Fsp3) is 0.533. The predicted octanol–water partition coefficient (Wildman–Crippen LogP) is 1.80. The van der Waals surface area contributed by atoms with Crippen molar-refractivity contribution in [2.45, 2.75) is 32.4 Å². The van der Waals surface area contributed by atoms with Crippen molar-refractivity contribution in [3.05, 3.63) is 29.8 Å². The van der Waals surface area contributed by atoms with E-state index in [0.29, 0.717) is 6.54 Å². The third-order valence-electron chi connectivity index (χ3n) is 3.69. The van der Waals surface area contributed by atoms with E-state index in [-0.39, 0.29) is 11.9 Å². The van der Waals surface area contributed by atoms with Crippen LogP contribution in [-0.4, -0.2) is 37.0 Å². The van der Waals surface area contributed by atoms with Gasteiger partial charge in [-0.3, -0.25) is 9.69 Å². The number of hydrogen-bond acceptors (Lipinski definition) is 3. The first-order valence-electron chi connectivity index (χ1n) is 6.85. The first-order valence-corrected chi connectivity index (χ1v) is 6.85. The number of nitrogens with zero attached hydrogens (tertiary/aromatic N) is 1. The van der Waals surface area contributed by atoms with Crippen molar-refractivity contribution >= 4 is 5.91 Å². The molecule has 1 fully saturated rings. The predicted molar refractivity (Wildman–Crippen MR) is 75.1 cm³/mol. The first-order chi connectivity index (χ1) is 9.20. The summed E-state index contributed by atoms with van der Waals surface area (Å²) in [7, 11) is 1.65. The number of hydrogen-bond donors (Lipinski definition) is 1. The van der Waals surface area contributed by atoms with Crippen LogP contribution >= 0.6 is 0 Å². The van der Waals surface area contributed by atoms with Gasteiger partial charge in [-0.1, -0.05) is 12.1 Å². The summed E-state index contributed by atoms with van der Waals surface area (Å²) in [5.41, 5.74) is 1.09. The summed E-state index contributed by atoms with van der Waals surface area (Å²) >= 11 is 0. The van der Waals surface area contributed by atoms with Gasteiger partial charge in [-0.25, -0.2) is 0 Å². The van der Waals surface area contributed by atoms with Crippen LogP contribution in [0, 0.1) is 0 Å². The van der Waals surface area contributed by atoms with Crippen LogP contribution in [0.4, 0.5) is 0 Å². The van der Waals surface area contributed by atoms with Crippen LogP contribution in [0.25, 0.3) is 0 Å². The highest BCUT2D eigenvalue weighted by Gasteiger charge is 2.23. The summed E-state index contributed by atoms with van der Waals surface area (Å²) < 4.78 is 5.11. The molecule has 1 heterocycles. The summed E-state index contributed by atoms with van der Waals surface area (Å²) in [5.74, 6) is 0.943. The van der Waals surface area contributed by atoms with Gasteiger partial charge in [-0.15, -0.1) is 0 Å². The van der Waals surface area contributed by atoms with E-state index in [0.717, 1.165) is 24.4 Å². The van der Waals surface area contributed by atoms with Crippen LogP contribution < -0.4 is 10.1 Å². The topological polar surface area (TPSA) is 41.6 Å². The number of carbonyl (C=O) groups is 1. The normalized spacial score (nSPS) is 17.2. The standard InChI is InChI=1S/C15H22N2O2/c1-12(17-9-3-4-10-17)15(18)16-11-13-5-7-14(19-2)8-6-13/h5-8,12H,3-4,9-11H2,1-2H3,(H,16,18)/t12-/m0/s1. The number of amides is 1. The highest BCUT2D eigenvalue weighted by atomic mass is 16.5. The Labute approximate surface area is 114 Å². The molecule has 1 atom stereocenters. The third-order valence-corrected chi connectivity index (χ3v) is 3.69. The number of benzene rings is 1. The summed E-state index contributed by atoms with van der Waals surface area (Å²) in [6.07, 6.45) is 2.41. The minimum atomic E-state index is -0.0271. The zero-order valence-corrected chi connectivity index (χ0v) is 11.7. The molecule has 0 aliphatic carbocycles. The molecule has 0 bridgehead atoms. The van der Waals surface area contributed by atoms with Crippen LogP contribution in [0.15, 0.2) is 24.3 Å². The Morgan fingerprint density at radius 3 is 2.53 bits per heavy atom. The van der Waals surface area contributed by atoms with E-state index in [1.807, 2.05) is 31.2 Å². The van der Waals surface area contributed by atoms with Crippen LogP contribution in [-0.2, 0) is 11.3 Å². The largest absolute Gasteiger partial charge is 0.497 e. The molecule has 0 saturated carbocycles. The SMILES string of the molecule is COc1ccc(CNC(=O)[C@H](C)N2CCCC2)cc1. The van der Waals surface area contributed by atoms with Crippen LogP contribution in [0.2, 0.25) is 0 Å². The Balaban J connectivity index is 1.81. The fourth-order valence-corrected chi connectivity index (χ4v) is 2.37. The highest BCUT2D eigenvalue weighted by Crippen LogP contribution is 2.13. The molecule has 104 valence electrons. The lowest BCUT2D eigenvalue weighted by molar-refractivity contribution is -0.125. The molecule has 4 nitrogen and oxygen atoms in total. The Morgan fingerprint density at radius 2 is 1.95 bits per heavy atom. The molecule has 0 unspecified atom stereocenters. The van der Waals surface area contributed by atoms with E-state index in [1.54, 1.807) is 7.11 Å². The molecule has 19 heavy (non-hydrogen) atoms. The van der Waals surface area contributed by atoms with Crippen molar-refractivity contribution in [3.63, 3.8) is 0 Å². The van der Waals surface area contributed by atoms with E-state index < -0.39 is 0 Å². The maximum atomic E-state index is 12.0. The smallest absolute Gasteiger partial charge is 0.237 e. The van der Waals surface area contributed by atoms with E-state index in [9.17, 15) is 4.79 Å². The lowest BCUT2D eigenvalue weighted by Crippen LogP contribution is -2.43. The number of carbonyl (C=O) groups excluding carboxylic acids is 1. The zero-order chi connectivity index (χ0) is 13.7. The molecule has 4 heteroatoms. The van der Waals surface area contributed by atoms with Crippen molar-refractivity contribution in [2.75, 3.05) is 20.2 Å². The summed E-state index contributed by atoms with van der Waals surface area (Å²) in [6, 6.07) is 7.73. The van der Waals surface area contributed by atoms with Gasteiger partial charge in [0.1, 0.15) is 5.75 Å². The molecule has 1 aliphatic heterocycles. The quantitative estimate of drug-likeness (QED) is 0.879. The number of likely N-dealkylation sites (tertiary alicyclic amines) is 1. The van der Waals surface area contributed by atoms with Gasteiger partial charge in [-0.2, -0.15) is 0 Å². The molecule has 1 aliphatic rings. The van der Waals surface area contributed by atoms with Gasteiger partial charge in [-0.05, 0) is 50.6 Å². The Morgan fingerprint density at radius 1 is 1.32 bits per heavy atom. The highest BCUT2D eigenvalue weighted by molar-refractivity contribution is 5.81. The third kappa shape index (κ3) is 3.70. The molecule has 0 aromatic heterocycles. The molecule has 1 aromatic rings. The van der Waals surface area contributed by atoms with Crippen LogP contribution in [0.3, 0.4) is 0 Å². The van der Waals surface area contributed by atoms with Gasteiger partial charge in [0.15, 0.2) is 0 Å². The molecule has 1 N–H and O–H groups in total. The van der Waals surface area contributed by atoms with Gasteiger partial charge in [0, 0.05) is 6.54 Å². The van der Waals surface area contributed by atoms with Crippen molar-refractivity contribution in [1.82, 2.24) is 10.2 Å². The van der Waals surface area contributed by atoms with Crippen molar-refractivity contribution in [1.29, 1.82) is 0 Å². The van der Waals surface area contributed by atoms with Crippen molar-refractivity contribution in [3.8, 4) is 5.75 Å². The Hall–Kier alpha value is -1.55.